The second-order valence-electron chi connectivity index (χ2n) is 8.22. The van der Waals surface area contributed by atoms with E-state index in [1.54, 1.807) is 14.2 Å². The molecule has 2 rings (SSSR count). The summed E-state index contributed by atoms with van der Waals surface area (Å²) >= 11 is 0. The number of hydrogen-bond donors (Lipinski definition) is 3. The molecule has 3 N–H and O–H groups in total. The van der Waals surface area contributed by atoms with Crippen LogP contribution >= 0.6 is 24.0 Å². The molecule has 0 saturated heterocycles. The molecular weight excluding hydrogens is 479 g/mol. The van der Waals surface area contributed by atoms with Crippen LogP contribution in [0.1, 0.15) is 51.5 Å². The molecule has 1 saturated carbocycles. The van der Waals surface area contributed by atoms with E-state index in [0.29, 0.717) is 24.3 Å². The number of nitrogens with zero attached hydrogens (tertiary/aromatic N) is 1. The number of guanidine groups is 1. The van der Waals surface area contributed by atoms with Crippen molar-refractivity contribution in [2.45, 2.75) is 52.5 Å². The minimum atomic E-state index is 0. The van der Waals surface area contributed by atoms with E-state index in [0.717, 1.165) is 36.8 Å². The highest BCUT2D eigenvalue weighted by molar-refractivity contribution is 14.0. The standard InChI is InChI=1S/C22H36N4O2.HI/c1-17(2)13-20(27)26-19-8-5-7-18(14-19)15-24-21(23-3)25-16-22(9-6-10-22)11-12-28-4;/h5,7-8,14,17H,6,9-13,15-16H2,1-4H3,(H,26,27)(H2,23,24,25);1H. The van der Waals surface area contributed by atoms with Crippen molar-refractivity contribution in [1.82, 2.24) is 10.6 Å². The average Bonchev–Trinajstić information content (AvgIpc) is 2.62. The van der Waals surface area contributed by atoms with Crippen LogP contribution in [0.3, 0.4) is 0 Å². The first-order valence-corrected chi connectivity index (χ1v) is 10.3. The fourth-order valence-electron chi connectivity index (χ4n) is 3.53. The lowest BCUT2D eigenvalue weighted by atomic mass is 9.67. The van der Waals surface area contributed by atoms with Crippen molar-refractivity contribution in [2.75, 3.05) is 32.6 Å². The summed E-state index contributed by atoms with van der Waals surface area (Å²) < 4.78 is 5.27. The van der Waals surface area contributed by atoms with Crippen molar-refractivity contribution in [2.24, 2.45) is 16.3 Å². The second kappa shape index (κ2) is 13.1. The van der Waals surface area contributed by atoms with Crippen LogP contribution in [0.4, 0.5) is 5.69 Å². The average molecular weight is 516 g/mol. The van der Waals surface area contributed by atoms with Gasteiger partial charge in [-0.1, -0.05) is 32.4 Å². The molecule has 1 fully saturated rings. The second-order valence-corrected chi connectivity index (χ2v) is 8.22. The Balaban J connectivity index is 0.00000420. The first-order chi connectivity index (χ1) is 13.5. The summed E-state index contributed by atoms with van der Waals surface area (Å²) in [6, 6.07) is 7.94. The molecule has 0 heterocycles. The van der Waals surface area contributed by atoms with Crippen molar-refractivity contribution in [1.29, 1.82) is 0 Å². The Morgan fingerprint density at radius 1 is 1.28 bits per heavy atom. The smallest absolute Gasteiger partial charge is 0.224 e. The molecule has 1 aromatic rings. The van der Waals surface area contributed by atoms with Crippen molar-refractivity contribution >= 4 is 41.5 Å². The molecule has 0 unspecified atom stereocenters. The largest absolute Gasteiger partial charge is 0.385 e. The fraction of sp³-hybridized carbons (Fsp3) is 0.636. The van der Waals surface area contributed by atoms with Crippen LogP contribution in [0.25, 0.3) is 0 Å². The molecule has 7 heteroatoms. The Hall–Kier alpha value is -1.35. The highest BCUT2D eigenvalue weighted by atomic mass is 127. The number of carbonyl (C=O) groups excluding carboxylic acids is 1. The molecule has 0 bridgehead atoms. The predicted molar refractivity (Wildman–Crippen MR) is 131 cm³/mol. The maximum absolute atomic E-state index is 12.0. The minimum Gasteiger partial charge on any atom is -0.385 e. The third-order valence-corrected chi connectivity index (χ3v) is 5.37. The van der Waals surface area contributed by atoms with Gasteiger partial charge in [0.25, 0.3) is 0 Å². The van der Waals surface area contributed by atoms with Crippen molar-refractivity contribution < 1.29 is 9.53 Å². The van der Waals surface area contributed by atoms with E-state index in [4.69, 9.17) is 4.74 Å². The number of methoxy groups -OCH3 is 1. The number of aliphatic imine (C=N–C) groups is 1. The highest BCUT2D eigenvalue weighted by Gasteiger charge is 2.36. The monoisotopic (exact) mass is 516 g/mol. The van der Waals surface area contributed by atoms with Crippen molar-refractivity contribution in [3.8, 4) is 0 Å². The Kier molecular flexibility index (Phi) is 11.6. The summed E-state index contributed by atoms with van der Waals surface area (Å²) in [6.45, 7) is 6.46. The predicted octanol–water partition coefficient (Wildman–Crippen LogP) is 4.16. The van der Waals surface area contributed by atoms with Crippen LogP contribution in [0.5, 0.6) is 0 Å². The Labute approximate surface area is 192 Å². The molecule has 0 aliphatic heterocycles. The summed E-state index contributed by atoms with van der Waals surface area (Å²) in [5.74, 6) is 1.21. The highest BCUT2D eigenvalue weighted by Crippen LogP contribution is 2.43. The topological polar surface area (TPSA) is 74.8 Å². The molecule has 0 aromatic heterocycles. The molecule has 1 aliphatic carbocycles. The fourth-order valence-corrected chi connectivity index (χ4v) is 3.53. The van der Waals surface area contributed by atoms with Gasteiger partial charge >= 0.3 is 0 Å². The van der Waals surface area contributed by atoms with Crippen LogP contribution in [-0.2, 0) is 16.1 Å². The molecule has 6 nitrogen and oxygen atoms in total. The van der Waals surface area contributed by atoms with Gasteiger partial charge in [-0.25, -0.2) is 0 Å². The van der Waals surface area contributed by atoms with Gasteiger partial charge in [0, 0.05) is 46.0 Å². The van der Waals surface area contributed by atoms with Gasteiger partial charge in [0.15, 0.2) is 5.96 Å². The summed E-state index contributed by atoms with van der Waals surface area (Å²) in [7, 11) is 3.56. The molecular formula is C22H37IN4O2. The Morgan fingerprint density at radius 2 is 2.03 bits per heavy atom. The lowest BCUT2D eigenvalue weighted by Crippen LogP contribution is -2.46. The van der Waals surface area contributed by atoms with Gasteiger partial charge in [-0.15, -0.1) is 24.0 Å². The van der Waals surface area contributed by atoms with E-state index in [1.165, 1.54) is 19.3 Å². The van der Waals surface area contributed by atoms with Gasteiger partial charge in [0.05, 0.1) is 0 Å². The van der Waals surface area contributed by atoms with Gasteiger partial charge in [0.2, 0.25) is 5.91 Å². The SMILES string of the molecule is CN=C(NCc1cccc(NC(=O)CC(C)C)c1)NCC1(CCOC)CCC1.I. The first-order valence-electron chi connectivity index (χ1n) is 10.3. The van der Waals surface area contributed by atoms with Crippen LogP contribution in [0.15, 0.2) is 29.3 Å². The number of amides is 1. The van der Waals surface area contributed by atoms with E-state index in [1.807, 2.05) is 38.1 Å². The number of rotatable bonds is 10. The normalized spacial score (nSPS) is 15.3. The number of ether oxygens (including phenoxy) is 1. The molecule has 1 aliphatic rings. The number of nitrogens with one attached hydrogen (secondary N) is 3. The van der Waals surface area contributed by atoms with E-state index in [2.05, 4.69) is 20.9 Å². The van der Waals surface area contributed by atoms with Gasteiger partial charge in [-0.2, -0.15) is 0 Å². The van der Waals surface area contributed by atoms with E-state index in [-0.39, 0.29) is 29.9 Å². The first kappa shape index (κ1) is 25.7. The molecule has 164 valence electrons. The van der Waals surface area contributed by atoms with Gasteiger partial charge in [-0.05, 0) is 48.3 Å². The lowest BCUT2D eigenvalue weighted by Gasteiger charge is -2.42. The molecule has 29 heavy (non-hydrogen) atoms. The molecule has 0 radical (unpaired) electrons. The Bertz CT molecular complexity index is 660. The van der Waals surface area contributed by atoms with Gasteiger partial charge in [0.1, 0.15) is 0 Å². The number of hydrogen-bond acceptors (Lipinski definition) is 3. The maximum Gasteiger partial charge on any atom is 0.224 e. The van der Waals surface area contributed by atoms with E-state index >= 15 is 0 Å². The summed E-state index contributed by atoms with van der Waals surface area (Å²) in [4.78, 5) is 16.3. The number of halogens is 1. The quantitative estimate of drug-likeness (QED) is 0.248. The maximum atomic E-state index is 12.0. The van der Waals surface area contributed by atoms with Gasteiger partial charge in [-0.3, -0.25) is 9.79 Å². The number of benzene rings is 1. The van der Waals surface area contributed by atoms with Crippen LogP contribution < -0.4 is 16.0 Å². The third kappa shape index (κ3) is 8.90. The zero-order chi connectivity index (χ0) is 20.4. The number of carbonyl (C=O) groups is 1. The van der Waals surface area contributed by atoms with Crippen LogP contribution in [0.2, 0.25) is 0 Å². The lowest BCUT2D eigenvalue weighted by molar-refractivity contribution is -0.116. The number of anilines is 1. The Morgan fingerprint density at radius 3 is 2.62 bits per heavy atom. The third-order valence-electron chi connectivity index (χ3n) is 5.37. The zero-order valence-corrected chi connectivity index (χ0v) is 20.5. The minimum absolute atomic E-state index is 0. The summed E-state index contributed by atoms with van der Waals surface area (Å²) in [6.07, 6.45) is 5.42. The van der Waals surface area contributed by atoms with Crippen molar-refractivity contribution in [3.05, 3.63) is 29.8 Å². The molecule has 0 atom stereocenters. The summed E-state index contributed by atoms with van der Waals surface area (Å²) in [5.41, 5.74) is 2.28. The van der Waals surface area contributed by atoms with Gasteiger partial charge < -0.3 is 20.7 Å². The van der Waals surface area contributed by atoms with Crippen LogP contribution in [0, 0.1) is 11.3 Å². The molecule has 0 spiro atoms. The van der Waals surface area contributed by atoms with E-state index in [9.17, 15) is 4.79 Å². The zero-order valence-electron chi connectivity index (χ0n) is 18.2. The molecule has 1 amide bonds. The van der Waals surface area contributed by atoms with Crippen molar-refractivity contribution in [3.63, 3.8) is 0 Å². The van der Waals surface area contributed by atoms with Crippen LogP contribution in [-0.4, -0.2) is 39.2 Å². The van der Waals surface area contributed by atoms with E-state index < -0.39 is 0 Å². The molecule has 1 aromatic carbocycles. The summed E-state index contributed by atoms with van der Waals surface area (Å²) in [5, 5.41) is 9.81.